The number of aromatic nitrogens is 1. The van der Waals surface area contributed by atoms with Gasteiger partial charge in [0, 0.05) is 5.56 Å². The summed E-state index contributed by atoms with van der Waals surface area (Å²) in [6.45, 7) is 4.01. The molecule has 5 nitrogen and oxygen atoms in total. The maximum Gasteiger partial charge on any atom is 0.373 e. The van der Waals surface area contributed by atoms with Crippen molar-refractivity contribution < 1.29 is 19.1 Å². The number of hydrogen-bond donors (Lipinski definition) is 1. The SMILES string of the molecule is COc1cccc(-c2nc(CC(C)C)c(C(=O)O)o2)c1. The highest BCUT2D eigenvalue weighted by Crippen LogP contribution is 2.26. The Labute approximate surface area is 117 Å². The fourth-order valence-electron chi connectivity index (χ4n) is 1.92. The molecule has 1 aromatic heterocycles. The topological polar surface area (TPSA) is 72.6 Å². The second-order valence-electron chi connectivity index (χ2n) is 4.93. The first kappa shape index (κ1) is 14.1. The Bertz CT molecular complexity index is 616. The van der Waals surface area contributed by atoms with Crippen molar-refractivity contribution in [2.45, 2.75) is 20.3 Å². The van der Waals surface area contributed by atoms with Crippen LogP contribution < -0.4 is 4.74 Å². The molecule has 1 N–H and O–H groups in total. The number of rotatable bonds is 5. The molecule has 0 atom stereocenters. The Morgan fingerprint density at radius 3 is 2.80 bits per heavy atom. The van der Waals surface area contributed by atoms with E-state index >= 15 is 0 Å². The average molecular weight is 275 g/mol. The van der Waals surface area contributed by atoms with Crippen molar-refractivity contribution in [1.29, 1.82) is 0 Å². The third kappa shape index (κ3) is 2.99. The minimum Gasteiger partial charge on any atom is -0.497 e. The molecule has 2 rings (SSSR count). The number of ether oxygens (including phenoxy) is 1. The van der Waals surface area contributed by atoms with Gasteiger partial charge in [0.2, 0.25) is 11.7 Å². The van der Waals surface area contributed by atoms with E-state index in [1.165, 1.54) is 0 Å². The molecular formula is C15H17NO4. The van der Waals surface area contributed by atoms with E-state index < -0.39 is 5.97 Å². The molecule has 2 aromatic rings. The predicted molar refractivity (Wildman–Crippen MR) is 74.0 cm³/mol. The summed E-state index contributed by atoms with van der Waals surface area (Å²) >= 11 is 0. The van der Waals surface area contributed by atoms with Gasteiger partial charge < -0.3 is 14.3 Å². The summed E-state index contributed by atoms with van der Waals surface area (Å²) in [4.78, 5) is 15.5. The fraction of sp³-hybridized carbons (Fsp3) is 0.333. The third-order valence-corrected chi connectivity index (χ3v) is 2.81. The normalized spacial score (nSPS) is 10.8. The van der Waals surface area contributed by atoms with Crippen LogP contribution in [0.3, 0.4) is 0 Å². The fourth-order valence-corrected chi connectivity index (χ4v) is 1.92. The summed E-state index contributed by atoms with van der Waals surface area (Å²) in [7, 11) is 1.57. The number of aromatic carboxylic acids is 1. The zero-order valence-electron chi connectivity index (χ0n) is 11.7. The zero-order valence-corrected chi connectivity index (χ0v) is 11.7. The minimum atomic E-state index is -1.10. The Morgan fingerprint density at radius 1 is 1.45 bits per heavy atom. The number of carbonyl (C=O) groups is 1. The number of methoxy groups -OCH3 is 1. The molecule has 0 saturated heterocycles. The van der Waals surface area contributed by atoms with Crippen molar-refractivity contribution >= 4 is 5.97 Å². The Balaban J connectivity index is 2.44. The maximum atomic E-state index is 11.2. The van der Waals surface area contributed by atoms with E-state index in [-0.39, 0.29) is 5.76 Å². The molecule has 0 aliphatic heterocycles. The molecule has 0 amide bonds. The number of oxazole rings is 1. The predicted octanol–water partition coefficient (Wildman–Crippen LogP) is 3.25. The second kappa shape index (κ2) is 5.77. The molecule has 0 saturated carbocycles. The summed E-state index contributed by atoms with van der Waals surface area (Å²) < 4.78 is 10.5. The van der Waals surface area contributed by atoms with Crippen LogP contribution in [0.25, 0.3) is 11.5 Å². The smallest absolute Gasteiger partial charge is 0.373 e. The van der Waals surface area contributed by atoms with Crippen molar-refractivity contribution in [3.8, 4) is 17.2 Å². The molecule has 0 spiro atoms. The monoisotopic (exact) mass is 275 g/mol. The second-order valence-corrected chi connectivity index (χ2v) is 4.93. The largest absolute Gasteiger partial charge is 0.497 e. The standard InChI is InChI=1S/C15H17NO4/c1-9(2)7-12-13(15(17)18)20-14(16-12)10-5-4-6-11(8-10)19-3/h4-6,8-9H,7H2,1-3H3,(H,17,18). The van der Waals surface area contributed by atoms with Crippen molar-refractivity contribution in [2.24, 2.45) is 5.92 Å². The Kier molecular flexibility index (Phi) is 4.08. The number of hydrogen-bond acceptors (Lipinski definition) is 4. The molecule has 0 bridgehead atoms. The van der Waals surface area contributed by atoms with Gasteiger partial charge in [-0.25, -0.2) is 9.78 Å². The first-order valence-electron chi connectivity index (χ1n) is 6.38. The van der Waals surface area contributed by atoms with Gasteiger partial charge in [-0.05, 0) is 30.5 Å². The third-order valence-electron chi connectivity index (χ3n) is 2.81. The summed E-state index contributed by atoms with van der Waals surface area (Å²) in [6, 6.07) is 7.18. The lowest BCUT2D eigenvalue weighted by Gasteiger charge is -2.00. The molecule has 5 heteroatoms. The van der Waals surface area contributed by atoms with E-state index in [2.05, 4.69) is 4.98 Å². The number of benzene rings is 1. The van der Waals surface area contributed by atoms with Crippen molar-refractivity contribution in [3.63, 3.8) is 0 Å². The van der Waals surface area contributed by atoms with Gasteiger partial charge in [-0.2, -0.15) is 0 Å². The van der Waals surface area contributed by atoms with E-state index in [1.54, 1.807) is 31.4 Å². The molecule has 0 aliphatic carbocycles. The number of nitrogens with zero attached hydrogens (tertiary/aromatic N) is 1. The molecular weight excluding hydrogens is 258 g/mol. The Hall–Kier alpha value is -2.30. The lowest BCUT2D eigenvalue weighted by Crippen LogP contribution is -2.03. The Morgan fingerprint density at radius 2 is 2.20 bits per heavy atom. The van der Waals surface area contributed by atoms with Crippen molar-refractivity contribution in [3.05, 3.63) is 35.7 Å². The lowest BCUT2D eigenvalue weighted by atomic mass is 10.1. The van der Waals surface area contributed by atoms with E-state index in [1.807, 2.05) is 13.8 Å². The quantitative estimate of drug-likeness (QED) is 0.906. The van der Waals surface area contributed by atoms with Gasteiger partial charge in [-0.15, -0.1) is 0 Å². The van der Waals surface area contributed by atoms with Crippen LogP contribution in [0.5, 0.6) is 5.75 Å². The van der Waals surface area contributed by atoms with Crippen LogP contribution in [-0.2, 0) is 6.42 Å². The first-order chi connectivity index (χ1) is 9.51. The van der Waals surface area contributed by atoms with Crippen molar-refractivity contribution in [1.82, 2.24) is 4.98 Å². The highest BCUT2D eigenvalue weighted by molar-refractivity contribution is 5.86. The van der Waals surface area contributed by atoms with Crippen LogP contribution in [0.15, 0.2) is 28.7 Å². The molecule has 1 aromatic carbocycles. The molecule has 0 unspecified atom stereocenters. The van der Waals surface area contributed by atoms with Gasteiger partial charge in [-0.3, -0.25) is 0 Å². The molecule has 0 radical (unpaired) electrons. The van der Waals surface area contributed by atoms with Crippen LogP contribution in [0.4, 0.5) is 0 Å². The van der Waals surface area contributed by atoms with Crippen LogP contribution in [0, 0.1) is 5.92 Å². The minimum absolute atomic E-state index is 0.0866. The lowest BCUT2D eigenvalue weighted by molar-refractivity contribution is 0.0661. The van der Waals surface area contributed by atoms with Gasteiger partial charge in [0.15, 0.2) is 0 Å². The van der Waals surface area contributed by atoms with E-state index in [0.29, 0.717) is 35.2 Å². The van der Waals surface area contributed by atoms with Gasteiger partial charge >= 0.3 is 5.97 Å². The average Bonchev–Trinajstić information content (AvgIpc) is 2.82. The zero-order chi connectivity index (χ0) is 14.7. The highest BCUT2D eigenvalue weighted by atomic mass is 16.5. The molecule has 0 fully saturated rings. The molecule has 106 valence electrons. The maximum absolute atomic E-state index is 11.2. The van der Waals surface area contributed by atoms with Gasteiger partial charge in [0.1, 0.15) is 5.75 Å². The van der Waals surface area contributed by atoms with Crippen LogP contribution in [0.2, 0.25) is 0 Å². The number of carboxylic acids is 1. The first-order valence-corrected chi connectivity index (χ1v) is 6.38. The van der Waals surface area contributed by atoms with Crippen molar-refractivity contribution in [2.75, 3.05) is 7.11 Å². The summed E-state index contributed by atoms with van der Waals surface area (Å²) in [5, 5.41) is 9.18. The van der Waals surface area contributed by atoms with Gasteiger partial charge in [0.25, 0.3) is 0 Å². The van der Waals surface area contributed by atoms with E-state index in [0.717, 1.165) is 0 Å². The van der Waals surface area contributed by atoms with Gasteiger partial charge in [-0.1, -0.05) is 19.9 Å². The summed E-state index contributed by atoms with van der Waals surface area (Å²) in [6.07, 6.45) is 0.565. The summed E-state index contributed by atoms with van der Waals surface area (Å²) in [5.41, 5.74) is 1.17. The van der Waals surface area contributed by atoms with Crippen LogP contribution in [0.1, 0.15) is 30.1 Å². The number of carboxylic acid groups (broad SMARTS) is 1. The molecule has 1 heterocycles. The van der Waals surface area contributed by atoms with Gasteiger partial charge in [0.05, 0.1) is 12.8 Å². The summed E-state index contributed by atoms with van der Waals surface area (Å²) in [5.74, 6) is 0.0927. The van der Waals surface area contributed by atoms with E-state index in [4.69, 9.17) is 9.15 Å². The molecule has 20 heavy (non-hydrogen) atoms. The van der Waals surface area contributed by atoms with E-state index in [9.17, 15) is 9.90 Å². The highest BCUT2D eigenvalue weighted by Gasteiger charge is 2.21. The van der Waals surface area contributed by atoms with Crippen LogP contribution in [-0.4, -0.2) is 23.2 Å². The molecule has 0 aliphatic rings. The van der Waals surface area contributed by atoms with Crippen LogP contribution >= 0.6 is 0 Å².